The van der Waals surface area contributed by atoms with E-state index in [4.69, 9.17) is 14.2 Å². The van der Waals surface area contributed by atoms with E-state index in [1.54, 1.807) is 84.9 Å². The average Bonchev–Trinajstić information content (AvgIpc) is 3.49. The number of fused-ring (bicyclic) bond motifs is 5. The summed E-state index contributed by atoms with van der Waals surface area (Å²) in [6.45, 7) is 0. The van der Waals surface area contributed by atoms with Crippen LogP contribution in [0.4, 0.5) is 10.1 Å². The minimum atomic E-state index is -1.74. The summed E-state index contributed by atoms with van der Waals surface area (Å²) in [5, 5.41) is 0. The van der Waals surface area contributed by atoms with Crippen LogP contribution in [0.25, 0.3) is 6.08 Å². The molecule has 1 fully saturated rings. The molecule has 7 nitrogen and oxygen atoms in total. The summed E-state index contributed by atoms with van der Waals surface area (Å²) >= 11 is 0. The maximum absolute atomic E-state index is 14.9. The SMILES string of the molecule is COc1cccc(C(=O)[C@@H]2[C@H](c3cc(OC)ccc3OC)C3(C(=O)c4ccccc4C3=O)[C@H]3C=Cc4cc(F)ccc4N23)c1. The first-order valence-electron chi connectivity index (χ1n) is 14.2. The zero-order valence-electron chi connectivity index (χ0n) is 24.2. The Hall–Kier alpha value is -5.24. The maximum Gasteiger partial charge on any atom is 0.186 e. The van der Waals surface area contributed by atoms with Crippen molar-refractivity contribution in [2.75, 3.05) is 26.2 Å². The number of ether oxygens (including phenoxy) is 3. The molecule has 2 aliphatic heterocycles. The Morgan fingerprint density at radius 2 is 1.50 bits per heavy atom. The van der Waals surface area contributed by atoms with Gasteiger partial charge in [-0.1, -0.05) is 48.6 Å². The van der Waals surface area contributed by atoms with Crippen molar-refractivity contribution < 1.29 is 33.0 Å². The number of Topliss-reactive ketones (excluding diaryl/α,β-unsaturated/α-hetero) is 3. The third kappa shape index (κ3) is 3.70. The number of nitrogens with zero attached hydrogens (tertiary/aromatic N) is 1. The number of methoxy groups -OCH3 is 3. The van der Waals surface area contributed by atoms with Crippen LogP contribution in [0, 0.1) is 11.2 Å². The van der Waals surface area contributed by atoms with Crippen molar-refractivity contribution in [2.24, 2.45) is 5.41 Å². The first kappa shape index (κ1) is 27.6. The van der Waals surface area contributed by atoms with Crippen molar-refractivity contribution in [1.82, 2.24) is 0 Å². The molecule has 0 radical (unpaired) electrons. The van der Waals surface area contributed by atoms with E-state index in [9.17, 15) is 18.8 Å². The topological polar surface area (TPSA) is 82.1 Å². The highest BCUT2D eigenvalue weighted by atomic mass is 19.1. The summed E-state index contributed by atoms with van der Waals surface area (Å²) in [6, 6.07) is 21.1. The molecule has 1 spiro atoms. The molecule has 4 aromatic carbocycles. The molecule has 3 atom stereocenters. The van der Waals surface area contributed by atoms with E-state index < -0.39 is 29.2 Å². The van der Waals surface area contributed by atoms with E-state index in [2.05, 4.69) is 0 Å². The zero-order valence-corrected chi connectivity index (χ0v) is 24.2. The molecule has 0 unspecified atom stereocenters. The van der Waals surface area contributed by atoms with Gasteiger partial charge in [0, 0.05) is 39.4 Å². The minimum absolute atomic E-state index is 0.303. The largest absolute Gasteiger partial charge is 0.497 e. The van der Waals surface area contributed by atoms with Gasteiger partial charge in [-0.3, -0.25) is 14.4 Å². The number of rotatable bonds is 6. The van der Waals surface area contributed by atoms with Crippen LogP contribution in [0.1, 0.15) is 48.1 Å². The van der Waals surface area contributed by atoms with Gasteiger partial charge in [0.05, 0.1) is 27.4 Å². The monoisotopic (exact) mass is 589 g/mol. The van der Waals surface area contributed by atoms with Crippen molar-refractivity contribution in [3.05, 3.63) is 125 Å². The standard InChI is InChI=1S/C36H28FNO6/c1-42-23-8-6-7-21(18-23)33(39)32-31(27-19-24(43-2)13-15-29(27)44-3)36(34(40)25-9-4-5-10-26(25)35(36)41)30-16-11-20-17-22(37)12-14-28(20)38(30)32/h4-19,30-32H,1-3H3/t30-,31+,32+/m1/s1. The van der Waals surface area contributed by atoms with Crippen LogP contribution in [0.3, 0.4) is 0 Å². The first-order chi connectivity index (χ1) is 21.3. The van der Waals surface area contributed by atoms with Gasteiger partial charge >= 0.3 is 0 Å². The normalized spacial score (nSPS) is 20.7. The quantitative estimate of drug-likeness (QED) is 0.197. The Morgan fingerprint density at radius 1 is 0.795 bits per heavy atom. The Morgan fingerprint density at radius 3 is 2.18 bits per heavy atom. The number of benzene rings is 4. The molecule has 44 heavy (non-hydrogen) atoms. The maximum atomic E-state index is 14.9. The Balaban J connectivity index is 1.58. The Labute approximate surface area is 253 Å². The lowest BCUT2D eigenvalue weighted by molar-refractivity contribution is 0.0664. The van der Waals surface area contributed by atoms with Gasteiger partial charge in [-0.2, -0.15) is 0 Å². The van der Waals surface area contributed by atoms with E-state index in [1.165, 1.54) is 33.5 Å². The van der Waals surface area contributed by atoms with E-state index in [1.807, 2.05) is 4.90 Å². The molecule has 0 amide bonds. The second-order valence-electron chi connectivity index (χ2n) is 11.1. The molecule has 1 aliphatic carbocycles. The van der Waals surface area contributed by atoms with Crippen LogP contribution in [-0.2, 0) is 0 Å². The first-order valence-corrected chi connectivity index (χ1v) is 14.2. The summed E-state index contributed by atoms with van der Waals surface area (Å²) in [5.41, 5.74) is 0.758. The van der Waals surface area contributed by atoms with Crippen LogP contribution in [0.2, 0.25) is 0 Å². The van der Waals surface area contributed by atoms with Gasteiger partial charge in [0.25, 0.3) is 0 Å². The molecular weight excluding hydrogens is 561 g/mol. The van der Waals surface area contributed by atoms with Crippen LogP contribution < -0.4 is 19.1 Å². The molecule has 0 bridgehead atoms. The number of carbonyl (C=O) groups excluding carboxylic acids is 3. The van der Waals surface area contributed by atoms with E-state index in [0.29, 0.717) is 50.8 Å². The number of ketones is 3. The fourth-order valence-corrected chi connectivity index (χ4v) is 7.32. The van der Waals surface area contributed by atoms with Gasteiger partial charge in [-0.15, -0.1) is 0 Å². The number of halogens is 1. The molecular formula is C36H28FNO6. The van der Waals surface area contributed by atoms with Crippen molar-refractivity contribution in [3.63, 3.8) is 0 Å². The van der Waals surface area contributed by atoms with Gasteiger partial charge in [0.2, 0.25) is 0 Å². The Bertz CT molecular complexity index is 1860. The summed E-state index contributed by atoms with van der Waals surface area (Å²) in [5.74, 6) is -1.19. The van der Waals surface area contributed by atoms with Crippen molar-refractivity contribution >= 4 is 29.1 Å². The van der Waals surface area contributed by atoms with Crippen molar-refractivity contribution in [3.8, 4) is 17.2 Å². The minimum Gasteiger partial charge on any atom is -0.497 e. The Kier molecular flexibility index (Phi) is 6.39. The summed E-state index contributed by atoms with van der Waals surface area (Å²) in [4.78, 5) is 46.4. The van der Waals surface area contributed by atoms with Crippen LogP contribution in [0.5, 0.6) is 17.2 Å². The molecule has 7 rings (SSSR count). The average molecular weight is 590 g/mol. The smallest absolute Gasteiger partial charge is 0.186 e. The highest BCUT2D eigenvalue weighted by Gasteiger charge is 2.72. The van der Waals surface area contributed by atoms with Gasteiger partial charge in [-0.25, -0.2) is 4.39 Å². The zero-order chi connectivity index (χ0) is 30.7. The third-order valence-electron chi connectivity index (χ3n) is 9.16. The third-order valence-corrected chi connectivity index (χ3v) is 9.16. The fourth-order valence-electron chi connectivity index (χ4n) is 7.32. The fraction of sp³-hybridized carbons (Fsp3) is 0.194. The summed E-state index contributed by atoms with van der Waals surface area (Å²) in [7, 11) is 4.54. The predicted octanol–water partition coefficient (Wildman–Crippen LogP) is 6.17. The highest BCUT2D eigenvalue weighted by Crippen LogP contribution is 2.62. The molecule has 1 saturated heterocycles. The summed E-state index contributed by atoms with van der Waals surface area (Å²) in [6.07, 6.45) is 3.48. The van der Waals surface area contributed by atoms with Gasteiger partial charge in [0.15, 0.2) is 17.3 Å². The second kappa shape index (κ2) is 10.2. The number of carbonyl (C=O) groups is 3. The van der Waals surface area contributed by atoms with E-state index in [0.717, 1.165) is 0 Å². The second-order valence-corrected chi connectivity index (χ2v) is 11.1. The molecule has 8 heteroatoms. The molecule has 2 heterocycles. The van der Waals surface area contributed by atoms with Gasteiger partial charge < -0.3 is 19.1 Å². The molecule has 0 N–H and O–H groups in total. The molecule has 220 valence electrons. The lowest BCUT2D eigenvalue weighted by Gasteiger charge is -2.37. The molecule has 4 aromatic rings. The molecule has 3 aliphatic rings. The van der Waals surface area contributed by atoms with E-state index >= 15 is 0 Å². The highest BCUT2D eigenvalue weighted by molar-refractivity contribution is 6.32. The van der Waals surface area contributed by atoms with Crippen LogP contribution in [0.15, 0.2) is 91.0 Å². The lowest BCUT2D eigenvalue weighted by Crippen LogP contribution is -2.48. The molecule has 0 aromatic heterocycles. The van der Waals surface area contributed by atoms with Crippen molar-refractivity contribution in [2.45, 2.75) is 18.0 Å². The van der Waals surface area contributed by atoms with Crippen LogP contribution >= 0.6 is 0 Å². The summed E-state index contributed by atoms with van der Waals surface area (Å²) < 4.78 is 31.3. The molecule has 0 saturated carbocycles. The number of hydrogen-bond donors (Lipinski definition) is 0. The lowest BCUT2D eigenvalue weighted by atomic mass is 9.64. The van der Waals surface area contributed by atoms with E-state index in [-0.39, 0.29) is 17.3 Å². The van der Waals surface area contributed by atoms with Crippen molar-refractivity contribution in [1.29, 1.82) is 0 Å². The predicted molar refractivity (Wildman–Crippen MR) is 163 cm³/mol. The van der Waals surface area contributed by atoms with Gasteiger partial charge in [0.1, 0.15) is 34.5 Å². The van der Waals surface area contributed by atoms with Gasteiger partial charge in [-0.05, 0) is 48.5 Å². The number of anilines is 1. The number of hydrogen-bond acceptors (Lipinski definition) is 7. The van der Waals surface area contributed by atoms with Crippen LogP contribution in [-0.4, -0.2) is 50.8 Å².